The largest absolute Gasteiger partial charge is 0.478 e. The number of rotatable bonds is 2. The van der Waals surface area contributed by atoms with Gasteiger partial charge in [0.05, 0.1) is 10.9 Å². The number of carbonyl (C=O) groups is 1. The molecule has 0 spiro atoms. The second-order valence-electron chi connectivity index (χ2n) is 3.88. The maximum atomic E-state index is 11.2. The first-order valence-corrected chi connectivity index (χ1v) is 5.44. The third-order valence-corrected chi connectivity index (χ3v) is 2.77. The van der Waals surface area contributed by atoms with E-state index in [0.29, 0.717) is 16.7 Å². The number of aromatic carboxylic acids is 1. The van der Waals surface area contributed by atoms with Crippen LogP contribution in [0, 0.1) is 0 Å². The van der Waals surface area contributed by atoms with Gasteiger partial charge in [-0.2, -0.15) is 0 Å². The van der Waals surface area contributed by atoms with E-state index >= 15 is 0 Å². The Morgan fingerprint density at radius 2 is 1.83 bits per heavy atom. The Hall–Kier alpha value is -2.62. The van der Waals surface area contributed by atoms with Gasteiger partial charge in [0, 0.05) is 5.56 Å². The van der Waals surface area contributed by atoms with Crippen molar-refractivity contribution >= 4 is 16.9 Å². The van der Waals surface area contributed by atoms with Gasteiger partial charge in [-0.05, 0) is 12.1 Å². The first-order valence-electron chi connectivity index (χ1n) is 5.44. The molecule has 4 nitrogen and oxygen atoms in total. The molecular weight excluding hydrogens is 230 g/mol. The number of hydrogen-bond donors (Lipinski definition) is 1. The Kier molecular flexibility index (Phi) is 2.34. The van der Waals surface area contributed by atoms with Crippen LogP contribution in [0.4, 0.5) is 0 Å². The van der Waals surface area contributed by atoms with E-state index in [9.17, 15) is 9.90 Å². The van der Waals surface area contributed by atoms with Crippen molar-refractivity contribution in [1.82, 2.24) is 5.16 Å². The van der Waals surface area contributed by atoms with Gasteiger partial charge in [0.2, 0.25) is 0 Å². The lowest BCUT2D eigenvalue weighted by atomic mass is 10.0. The van der Waals surface area contributed by atoms with Crippen molar-refractivity contribution in [3.63, 3.8) is 0 Å². The molecule has 0 fully saturated rings. The zero-order chi connectivity index (χ0) is 12.5. The van der Waals surface area contributed by atoms with E-state index in [0.717, 1.165) is 5.56 Å². The number of hydrogen-bond acceptors (Lipinski definition) is 3. The lowest BCUT2D eigenvalue weighted by Crippen LogP contribution is -1.96. The number of carboxylic acids is 1. The summed E-state index contributed by atoms with van der Waals surface area (Å²) in [4.78, 5) is 11.2. The van der Waals surface area contributed by atoms with Gasteiger partial charge in [-0.3, -0.25) is 0 Å². The molecule has 0 amide bonds. The summed E-state index contributed by atoms with van der Waals surface area (Å²) in [6.07, 6.45) is 0. The van der Waals surface area contributed by atoms with Gasteiger partial charge in [-0.1, -0.05) is 41.6 Å². The van der Waals surface area contributed by atoms with Crippen LogP contribution in [0.1, 0.15) is 10.4 Å². The highest BCUT2D eigenvalue weighted by atomic mass is 16.5. The van der Waals surface area contributed by atoms with Crippen molar-refractivity contribution in [2.24, 2.45) is 0 Å². The lowest BCUT2D eigenvalue weighted by Gasteiger charge is -1.99. The molecule has 2 aromatic carbocycles. The highest BCUT2D eigenvalue weighted by Gasteiger charge is 2.17. The predicted octanol–water partition coefficient (Wildman–Crippen LogP) is 3.19. The maximum Gasteiger partial charge on any atom is 0.336 e. The molecule has 0 aliphatic carbocycles. The molecule has 0 atom stereocenters. The van der Waals surface area contributed by atoms with Crippen LogP contribution in [0.5, 0.6) is 0 Å². The van der Waals surface area contributed by atoms with E-state index < -0.39 is 5.97 Å². The third-order valence-electron chi connectivity index (χ3n) is 2.77. The van der Waals surface area contributed by atoms with Crippen molar-refractivity contribution in [1.29, 1.82) is 0 Å². The minimum Gasteiger partial charge on any atom is -0.478 e. The average Bonchev–Trinajstić information content (AvgIpc) is 2.83. The van der Waals surface area contributed by atoms with Crippen molar-refractivity contribution in [3.8, 4) is 11.3 Å². The van der Waals surface area contributed by atoms with E-state index in [4.69, 9.17) is 4.52 Å². The molecular formula is C14H9NO3. The van der Waals surface area contributed by atoms with E-state index in [1.54, 1.807) is 18.2 Å². The summed E-state index contributed by atoms with van der Waals surface area (Å²) in [6.45, 7) is 0. The average molecular weight is 239 g/mol. The van der Waals surface area contributed by atoms with Crippen LogP contribution in [-0.4, -0.2) is 16.2 Å². The van der Waals surface area contributed by atoms with Gasteiger partial charge in [-0.15, -0.1) is 0 Å². The molecule has 0 aliphatic heterocycles. The number of fused-ring (bicyclic) bond motifs is 1. The number of carboxylic acid groups (broad SMARTS) is 1. The van der Waals surface area contributed by atoms with Crippen molar-refractivity contribution < 1.29 is 14.4 Å². The van der Waals surface area contributed by atoms with Crippen molar-refractivity contribution in [3.05, 3.63) is 54.1 Å². The minimum absolute atomic E-state index is 0.201. The second-order valence-corrected chi connectivity index (χ2v) is 3.88. The summed E-state index contributed by atoms with van der Waals surface area (Å²) in [7, 11) is 0. The third kappa shape index (κ3) is 1.55. The quantitative estimate of drug-likeness (QED) is 0.745. The first kappa shape index (κ1) is 10.5. The van der Waals surface area contributed by atoms with Crippen LogP contribution < -0.4 is 0 Å². The highest BCUT2D eigenvalue weighted by Crippen LogP contribution is 2.30. The Balaban J connectivity index is 2.35. The Labute approximate surface area is 102 Å². The van der Waals surface area contributed by atoms with Crippen LogP contribution in [0.3, 0.4) is 0 Å². The van der Waals surface area contributed by atoms with Crippen LogP contribution in [0.2, 0.25) is 0 Å². The topological polar surface area (TPSA) is 63.3 Å². The Morgan fingerprint density at radius 3 is 2.56 bits per heavy atom. The van der Waals surface area contributed by atoms with Gasteiger partial charge in [0.25, 0.3) is 0 Å². The van der Waals surface area contributed by atoms with Crippen LogP contribution in [-0.2, 0) is 0 Å². The molecule has 1 heterocycles. The fourth-order valence-electron chi connectivity index (χ4n) is 1.96. The molecule has 1 N–H and O–H groups in total. The number of nitrogens with zero attached hydrogens (tertiary/aromatic N) is 1. The normalized spacial score (nSPS) is 10.7. The van der Waals surface area contributed by atoms with Gasteiger partial charge in [0.1, 0.15) is 5.52 Å². The lowest BCUT2D eigenvalue weighted by molar-refractivity contribution is 0.0699. The number of aromatic nitrogens is 1. The molecule has 0 bridgehead atoms. The molecule has 0 saturated heterocycles. The van der Waals surface area contributed by atoms with Gasteiger partial charge in [-0.25, -0.2) is 4.79 Å². The molecule has 0 unspecified atom stereocenters. The summed E-state index contributed by atoms with van der Waals surface area (Å²) < 4.78 is 5.28. The molecule has 3 aromatic rings. The molecule has 3 rings (SSSR count). The predicted molar refractivity (Wildman–Crippen MR) is 66.4 cm³/mol. The van der Waals surface area contributed by atoms with Crippen LogP contribution in [0.25, 0.3) is 22.2 Å². The Morgan fingerprint density at radius 1 is 1.06 bits per heavy atom. The van der Waals surface area contributed by atoms with E-state index in [2.05, 4.69) is 5.16 Å². The fourth-order valence-corrected chi connectivity index (χ4v) is 1.96. The minimum atomic E-state index is -0.985. The van der Waals surface area contributed by atoms with Crippen molar-refractivity contribution in [2.75, 3.05) is 0 Å². The SMILES string of the molecule is O=C(O)c1cccc2noc(-c3ccccc3)c12. The zero-order valence-corrected chi connectivity index (χ0v) is 9.33. The molecule has 4 heteroatoms. The highest BCUT2D eigenvalue weighted by molar-refractivity contribution is 6.07. The zero-order valence-electron chi connectivity index (χ0n) is 9.33. The fraction of sp³-hybridized carbons (Fsp3) is 0. The summed E-state index contributed by atoms with van der Waals surface area (Å²) in [5.41, 5.74) is 1.56. The smallest absolute Gasteiger partial charge is 0.336 e. The maximum absolute atomic E-state index is 11.2. The number of benzene rings is 2. The molecule has 0 aliphatic rings. The molecule has 18 heavy (non-hydrogen) atoms. The van der Waals surface area contributed by atoms with Crippen LogP contribution in [0.15, 0.2) is 53.1 Å². The standard InChI is InChI=1S/C14H9NO3/c16-14(17)10-7-4-8-11-12(10)13(18-15-11)9-5-2-1-3-6-9/h1-8H,(H,16,17). The van der Waals surface area contributed by atoms with E-state index in [1.807, 2.05) is 30.3 Å². The monoisotopic (exact) mass is 239 g/mol. The molecule has 0 saturated carbocycles. The van der Waals surface area contributed by atoms with E-state index in [1.165, 1.54) is 0 Å². The summed E-state index contributed by atoms with van der Waals surface area (Å²) in [5.74, 6) is -0.496. The second kappa shape index (κ2) is 4.00. The molecule has 88 valence electrons. The van der Waals surface area contributed by atoms with Gasteiger partial charge >= 0.3 is 5.97 Å². The summed E-state index contributed by atoms with van der Waals surface area (Å²) >= 11 is 0. The van der Waals surface area contributed by atoms with Gasteiger partial charge < -0.3 is 9.63 Å². The Bertz CT molecular complexity index is 716. The molecule has 1 aromatic heterocycles. The van der Waals surface area contributed by atoms with Crippen molar-refractivity contribution in [2.45, 2.75) is 0 Å². The van der Waals surface area contributed by atoms with Gasteiger partial charge in [0.15, 0.2) is 5.76 Å². The molecule has 0 radical (unpaired) electrons. The van der Waals surface area contributed by atoms with Crippen LogP contribution >= 0.6 is 0 Å². The first-order chi connectivity index (χ1) is 8.77. The van der Waals surface area contributed by atoms with E-state index in [-0.39, 0.29) is 5.56 Å². The summed E-state index contributed by atoms with van der Waals surface area (Å²) in [6, 6.07) is 14.3. The summed E-state index contributed by atoms with van der Waals surface area (Å²) in [5, 5.41) is 13.6.